The van der Waals surface area contributed by atoms with Gasteiger partial charge in [-0.25, -0.2) is 0 Å². The number of amides is 1. The Morgan fingerprint density at radius 1 is 0.962 bits per heavy atom. The van der Waals surface area contributed by atoms with E-state index in [1.54, 1.807) is 41.3 Å². The lowest BCUT2D eigenvalue weighted by Crippen LogP contribution is -2.48. The number of carbonyl (C=O) groups is 2. The lowest BCUT2D eigenvalue weighted by Gasteiger charge is -2.35. The summed E-state index contributed by atoms with van der Waals surface area (Å²) in [6, 6.07) is 13.3. The SMILES string of the molecule is CC(=O)N1CCN(c2ccc(C(=O)c3ccccc3)cc2[N+](=O)[O-])CC1. The number of hydrogen-bond acceptors (Lipinski definition) is 5. The predicted octanol–water partition coefficient (Wildman–Crippen LogP) is 2.49. The number of nitro groups is 1. The van der Waals surface area contributed by atoms with Crippen LogP contribution in [0.4, 0.5) is 11.4 Å². The van der Waals surface area contributed by atoms with E-state index in [1.165, 1.54) is 13.0 Å². The number of benzene rings is 2. The number of rotatable bonds is 4. The van der Waals surface area contributed by atoms with E-state index < -0.39 is 4.92 Å². The Balaban J connectivity index is 1.87. The van der Waals surface area contributed by atoms with E-state index in [-0.39, 0.29) is 22.9 Å². The maximum atomic E-state index is 12.5. The number of ketones is 1. The van der Waals surface area contributed by atoms with E-state index in [0.29, 0.717) is 37.4 Å². The van der Waals surface area contributed by atoms with Crippen LogP contribution in [0.3, 0.4) is 0 Å². The average molecular weight is 353 g/mol. The summed E-state index contributed by atoms with van der Waals surface area (Å²) >= 11 is 0. The maximum absolute atomic E-state index is 12.5. The molecule has 0 unspecified atom stereocenters. The van der Waals surface area contributed by atoms with Gasteiger partial charge in [-0.05, 0) is 12.1 Å². The summed E-state index contributed by atoms with van der Waals surface area (Å²) in [6.45, 7) is 3.61. The van der Waals surface area contributed by atoms with E-state index in [2.05, 4.69) is 0 Å². The predicted molar refractivity (Wildman–Crippen MR) is 97.4 cm³/mol. The summed E-state index contributed by atoms with van der Waals surface area (Å²) in [5.41, 5.74) is 1.16. The number of nitro benzene ring substituents is 1. The van der Waals surface area contributed by atoms with Crippen molar-refractivity contribution in [2.75, 3.05) is 31.1 Å². The molecule has 3 rings (SSSR count). The standard InChI is InChI=1S/C19H19N3O4/c1-14(23)20-9-11-21(12-10-20)17-8-7-16(13-18(17)22(25)26)19(24)15-5-3-2-4-6-15/h2-8,13H,9-12H2,1H3. The van der Waals surface area contributed by atoms with Gasteiger partial charge in [-0.1, -0.05) is 30.3 Å². The van der Waals surface area contributed by atoms with Crippen molar-refractivity contribution >= 4 is 23.1 Å². The van der Waals surface area contributed by atoms with Gasteiger partial charge >= 0.3 is 0 Å². The van der Waals surface area contributed by atoms with Crippen LogP contribution in [-0.2, 0) is 4.79 Å². The van der Waals surface area contributed by atoms with E-state index in [0.717, 1.165) is 0 Å². The summed E-state index contributed by atoms with van der Waals surface area (Å²) in [6.07, 6.45) is 0. The molecule has 0 N–H and O–H groups in total. The van der Waals surface area contributed by atoms with Crippen molar-refractivity contribution in [2.24, 2.45) is 0 Å². The molecule has 0 bridgehead atoms. The monoisotopic (exact) mass is 353 g/mol. The zero-order valence-corrected chi connectivity index (χ0v) is 14.4. The van der Waals surface area contributed by atoms with Gasteiger partial charge in [0.25, 0.3) is 5.69 Å². The van der Waals surface area contributed by atoms with Crippen LogP contribution in [0.5, 0.6) is 0 Å². The van der Waals surface area contributed by atoms with Gasteiger partial charge in [0.15, 0.2) is 5.78 Å². The molecule has 1 heterocycles. The molecule has 7 heteroatoms. The minimum Gasteiger partial charge on any atom is -0.362 e. The van der Waals surface area contributed by atoms with Crippen LogP contribution in [0, 0.1) is 10.1 Å². The van der Waals surface area contributed by atoms with Crippen LogP contribution in [0.25, 0.3) is 0 Å². The van der Waals surface area contributed by atoms with Crippen molar-refractivity contribution in [3.8, 4) is 0 Å². The highest BCUT2D eigenvalue weighted by molar-refractivity contribution is 6.09. The van der Waals surface area contributed by atoms with Crippen LogP contribution >= 0.6 is 0 Å². The topological polar surface area (TPSA) is 83.8 Å². The minimum atomic E-state index is -0.464. The normalized spacial score (nSPS) is 14.2. The fourth-order valence-corrected chi connectivity index (χ4v) is 3.10. The Kier molecular flexibility index (Phi) is 4.97. The van der Waals surface area contributed by atoms with Gasteiger partial charge in [-0.3, -0.25) is 19.7 Å². The van der Waals surface area contributed by atoms with Crippen LogP contribution in [0.1, 0.15) is 22.8 Å². The van der Waals surface area contributed by atoms with Crippen molar-refractivity contribution in [3.63, 3.8) is 0 Å². The molecule has 2 aromatic carbocycles. The minimum absolute atomic E-state index is 0.00274. The number of carbonyl (C=O) groups excluding carboxylic acids is 2. The first-order chi connectivity index (χ1) is 12.5. The summed E-state index contributed by atoms with van der Waals surface area (Å²) in [5.74, 6) is -0.246. The quantitative estimate of drug-likeness (QED) is 0.479. The van der Waals surface area contributed by atoms with Crippen molar-refractivity contribution in [1.82, 2.24) is 4.90 Å². The highest BCUT2D eigenvalue weighted by Gasteiger charge is 2.26. The van der Waals surface area contributed by atoms with Crippen LogP contribution < -0.4 is 4.90 Å². The largest absolute Gasteiger partial charge is 0.362 e. The average Bonchev–Trinajstić information content (AvgIpc) is 2.67. The number of hydrogen-bond donors (Lipinski definition) is 0. The summed E-state index contributed by atoms with van der Waals surface area (Å²) in [4.78, 5) is 38.7. The Morgan fingerprint density at radius 3 is 2.19 bits per heavy atom. The molecule has 0 atom stereocenters. The van der Waals surface area contributed by atoms with E-state index in [1.807, 2.05) is 11.0 Å². The highest BCUT2D eigenvalue weighted by atomic mass is 16.6. The molecule has 0 radical (unpaired) electrons. The van der Waals surface area contributed by atoms with Gasteiger partial charge < -0.3 is 9.80 Å². The van der Waals surface area contributed by atoms with Gasteiger partial charge in [-0.15, -0.1) is 0 Å². The molecule has 2 aromatic rings. The molecule has 26 heavy (non-hydrogen) atoms. The fourth-order valence-electron chi connectivity index (χ4n) is 3.10. The first-order valence-electron chi connectivity index (χ1n) is 8.36. The molecule has 1 aliphatic heterocycles. The lowest BCUT2D eigenvalue weighted by molar-refractivity contribution is -0.384. The second-order valence-corrected chi connectivity index (χ2v) is 6.15. The Labute approximate surface area is 151 Å². The van der Waals surface area contributed by atoms with Crippen molar-refractivity contribution in [1.29, 1.82) is 0 Å². The molecule has 0 spiro atoms. The molecular weight excluding hydrogens is 334 g/mol. The molecule has 0 saturated carbocycles. The molecule has 1 fully saturated rings. The smallest absolute Gasteiger partial charge is 0.293 e. The molecular formula is C19H19N3O4. The summed E-state index contributed by atoms with van der Waals surface area (Å²) in [5, 5.41) is 11.6. The third-order valence-electron chi connectivity index (χ3n) is 4.54. The Morgan fingerprint density at radius 2 is 1.62 bits per heavy atom. The number of anilines is 1. The first kappa shape index (κ1) is 17.6. The van der Waals surface area contributed by atoms with Crippen molar-refractivity contribution in [2.45, 2.75) is 6.92 Å². The van der Waals surface area contributed by atoms with E-state index >= 15 is 0 Å². The molecule has 0 aliphatic carbocycles. The fraction of sp³-hybridized carbons (Fsp3) is 0.263. The van der Waals surface area contributed by atoms with E-state index in [9.17, 15) is 19.7 Å². The maximum Gasteiger partial charge on any atom is 0.293 e. The van der Waals surface area contributed by atoms with Gasteiger partial charge in [-0.2, -0.15) is 0 Å². The Hall–Kier alpha value is -3.22. The first-order valence-corrected chi connectivity index (χ1v) is 8.36. The highest BCUT2D eigenvalue weighted by Crippen LogP contribution is 2.31. The second-order valence-electron chi connectivity index (χ2n) is 6.15. The lowest BCUT2D eigenvalue weighted by atomic mass is 10.0. The molecule has 1 amide bonds. The van der Waals surface area contributed by atoms with Crippen LogP contribution in [0.15, 0.2) is 48.5 Å². The third kappa shape index (κ3) is 3.56. The summed E-state index contributed by atoms with van der Waals surface area (Å²) in [7, 11) is 0. The van der Waals surface area contributed by atoms with Gasteiger partial charge in [0, 0.05) is 50.3 Å². The van der Waals surface area contributed by atoms with Crippen molar-refractivity contribution in [3.05, 3.63) is 69.8 Å². The van der Waals surface area contributed by atoms with Crippen LogP contribution in [-0.4, -0.2) is 47.7 Å². The molecule has 134 valence electrons. The van der Waals surface area contributed by atoms with Gasteiger partial charge in [0.2, 0.25) is 5.91 Å². The zero-order valence-electron chi connectivity index (χ0n) is 14.4. The molecule has 1 saturated heterocycles. The van der Waals surface area contributed by atoms with Gasteiger partial charge in [0.05, 0.1) is 4.92 Å². The molecule has 0 aromatic heterocycles. The van der Waals surface area contributed by atoms with E-state index in [4.69, 9.17) is 0 Å². The molecule has 1 aliphatic rings. The number of nitrogens with zero attached hydrogens (tertiary/aromatic N) is 3. The van der Waals surface area contributed by atoms with Crippen LogP contribution in [0.2, 0.25) is 0 Å². The summed E-state index contributed by atoms with van der Waals surface area (Å²) < 4.78 is 0. The third-order valence-corrected chi connectivity index (χ3v) is 4.54. The zero-order chi connectivity index (χ0) is 18.7. The Bertz CT molecular complexity index is 843. The molecule has 7 nitrogen and oxygen atoms in total. The second kappa shape index (κ2) is 7.35. The van der Waals surface area contributed by atoms with Gasteiger partial charge in [0.1, 0.15) is 5.69 Å². The van der Waals surface area contributed by atoms with Crippen molar-refractivity contribution < 1.29 is 14.5 Å². The number of piperazine rings is 1.